The molecule has 118 valence electrons. The molecule has 3 aromatic rings. The van der Waals surface area contributed by atoms with E-state index in [9.17, 15) is 4.79 Å². The van der Waals surface area contributed by atoms with Gasteiger partial charge < -0.3 is 15.0 Å². The standard InChI is InChI=1S/C18H17ClN2O2/c1-2-21-11-12(14-5-3-4-6-17(14)21)10-20-13-7-8-16(19)15(9-13)18(22)23/h3-9,11,20H,2,10H2,1H3,(H,22,23). The van der Waals surface area contributed by atoms with Crippen LogP contribution in [0.4, 0.5) is 5.69 Å². The van der Waals surface area contributed by atoms with Crippen LogP contribution >= 0.6 is 11.6 Å². The minimum absolute atomic E-state index is 0.104. The van der Waals surface area contributed by atoms with Crippen LogP contribution in [0.3, 0.4) is 0 Å². The number of nitrogens with one attached hydrogen (secondary N) is 1. The van der Waals surface area contributed by atoms with E-state index in [0.717, 1.165) is 12.2 Å². The number of hydrogen-bond donors (Lipinski definition) is 2. The van der Waals surface area contributed by atoms with E-state index < -0.39 is 5.97 Å². The Hall–Kier alpha value is -2.46. The predicted octanol–water partition coefficient (Wildman–Crippen LogP) is 4.62. The SMILES string of the molecule is CCn1cc(CNc2ccc(Cl)c(C(=O)O)c2)c2ccccc21. The summed E-state index contributed by atoms with van der Waals surface area (Å²) in [5.74, 6) is -1.03. The average Bonchev–Trinajstić information content (AvgIpc) is 2.92. The van der Waals surface area contributed by atoms with Crippen molar-refractivity contribution in [2.24, 2.45) is 0 Å². The van der Waals surface area contributed by atoms with Crippen LogP contribution in [0, 0.1) is 0 Å². The van der Waals surface area contributed by atoms with Crippen LogP contribution in [-0.4, -0.2) is 15.6 Å². The van der Waals surface area contributed by atoms with Crippen LogP contribution in [0.15, 0.2) is 48.7 Å². The Morgan fingerprint density at radius 3 is 2.78 bits per heavy atom. The minimum Gasteiger partial charge on any atom is -0.478 e. The van der Waals surface area contributed by atoms with Gasteiger partial charge in [0.1, 0.15) is 0 Å². The number of carbonyl (C=O) groups is 1. The summed E-state index contributed by atoms with van der Waals surface area (Å²) in [5, 5.41) is 13.9. The average molecular weight is 329 g/mol. The molecule has 0 aliphatic rings. The van der Waals surface area contributed by atoms with Gasteiger partial charge in [0.25, 0.3) is 0 Å². The highest BCUT2D eigenvalue weighted by molar-refractivity contribution is 6.33. The summed E-state index contributed by atoms with van der Waals surface area (Å²) in [4.78, 5) is 11.1. The van der Waals surface area contributed by atoms with Crippen LogP contribution in [0.2, 0.25) is 5.02 Å². The van der Waals surface area contributed by atoms with Crippen molar-refractivity contribution in [3.05, 3.63) is 64.8 Å². The second kappa shape index (κ2) is 6.34. The molecule has 23 heavy (non-hydrogen) atoms. The molecule has 0 bridgehead atoms. The first-order valence-electron chi connectivity index (χ1n) is 7.43. The Bertz CT molecular complexity index is 871. The number of aryl methyl sites for hydroxylation is 1. The maximum absolute atomic E-state index is 11.1. The summed E-state index contributed by atoms with van der Waals surface area (Å²) < 4.78 is 2.21. The molecule has 0 saturated carbocycles. The van der Waals surface area contributed by atoms with Gasteiger partial charge in [-0.2, -0.15) is 0 Å². The molecular weight excluding hydrogens is 312 g/mol. The zero-order valence-corrected chi connectivity index (χ0v) is 13.5. The number of halogens is 1. The van der Waals surface area contributed by atoms with Crippen molar-refractivity contribution in [2.45, 2.75) is 20.0 Å². The van der Waals surface area contributed by atoms with Crippen LogP contribution in [0.5, 0.6) is 0 Å². The first kappa shape index (κ1) is 15.4. The van der Waals surface area contributed by atoms with E-state index in [1.807, 2.05) is 12.1 Å². The molecule has 0 aliphatic carbocycles. The number of aromatic carboxylic acids is 1. The molecule has 5 heteroatoms. The summed E-state index contributed by atoms with van der Waals surface area (Å²) in [6.45, 7) is 3.64. The van der Waals surface area contributed by atoms with Gasteiger partial charge >= 0.3 is 5.97 Å². The molecule has 2 aromatic carbocycles. The lowest BCUT2D eigenvalue weighted by Crippen LogP contribution is -2.02. The van der Waals surface area contributed by atoms with Crippen molar-refractivity contribution in [3.8, 4) is 0 Å². The molecule has 0 spiro atoms. The third-order valence-corrected chi connectivity index (χ3v) is 4.22. The molecule has 4 nitrogen and oxygen atoms in total. The van der Waals surface area contributed by atoms with E-state index in [1.54, 1.807) is 18.2 Å². The van der Waals surface area contributed by atoms with Crippen LogP contribution in [0.1, 0.15) is 22.8 Å². The normalized spacial score (nSPS) is 10.9. The number of nitrogens with zero attached hydrogens (tertiary/aromatic N) is 1. The third-order valence-electron chi connectivity index (χ3n) is 3.89. The van der Waals surface area contributed by atoms with Crippen LogP contribution in [0.25, 0.3) is 10.9 Å². The molecule has 0 atom stereocenters. The summed E-state index contributed by atoms with van der Waals surface area (Å²) in [7, 11) is 0. The Kier molecular flexibility index (Phi) is 4.26. The summed E-state index contributed by atoms with van der Waals surface area (Å²) >= 11 is 5.90. The molecule has 0 radical (unpaired) electrons. The molecule has 0 saturated heterocycles. The lowest BCUT2D eigenvalue weighted by Gasteiger charge is -2.07. The fourth-order valence-electron chi connectivity index (χ4n) is 2.72. The van der Waals surface area contributed by atoms with Gasteiger partial charge in [0.05, 0.1) is 10.6 Å². The number of aromatic nitrogens is 1. The molecular formula is C18H17ClN2O2. The van der Waals surface area contributed by atoms with E-state index in [4.69, 9.17) is 16.7 Å². The molecule has 0 unspecified atom stereocenters. The highest BCUT2D eigenvalue weighted by Gasteiger charge is 2.10. The fraction of sp³-hybridized carbons (Fsp3) is 0.167. The van der Waals surface area contributed by atoms with Crippen molar-refractivity contribution in [1.29, 1.82) is 0 Å². The Balaban J connectivity index is 1.87. The molecule has 1 aromatic heterocycles. The second-order valence-electron chi connectivity index (χ2n) is 5.31. The van der Waals surface area contributed by atoms with Crippen molar-refractivity contribution >= 4 is 34.2 Å². The molecule has 2 N–H and O–H groups in total. The first-order valence-corrected chi connectivity index (χ1v) is 7.81. The molecule has 0 fully saturated rings. The molecule has 3 rings (SSSR count). The largest absolute Gasteiger partial charge is 0.478 e. The zero-order valence-electron chi connectivity index (χ0n) is 12.7. The fourth-order valence-corrected chi connectivity index (χ4v) is 2.92. The summed E-state index contributed by atoms with van der Waals surface area (Å²) in [6, 6.07) is 13.2. The van der Waals surface area contributed by atoms with E-state index in [0.29, 0.717) is 6.54 Å². The van der Waals surface area contributed by atoms with Gasteiger partial charge in [-0.05, 0) is 36.8 Å². The van der Waals surface area contributed by atoms with E-state index in [1.165, 1.54) is 16.5 Å². The highest BCUT2D eigenvalue weighted by atomic mass is 35.5. The zero-order chi connectivity index (χ0) is 16.4. The van der Waals surface area contributed by atoms with Gasteiger partial charge in [0, 0.05) is 35.9 Å². The number of carboxylic acids is 1. The minimum atomic E-state index is -1.03. The topological polar surface area (TPSA) is 54.3 Å². The number of anilines is 1. The van der Waals surface area contributed by atoms with E-state index >= 15 is 0 Å². The maximum Gasteiger partial charge on any atom is 0.337 e. The van der Waals surface area contributed by atoms with Gasteiger partial charge in [-0.3, -0.25) is 0 Å². The van der Waals surface area contributed by atoms with Crippen LogP contribution in [-0.2, 0) is 13.1 Å². The summed E-state index contributed by atoms with van der Waals surface area (Å²) in [6.07, 6.45) is 2.13. The highest BCUT2D eigenvalue weighted by Crippen LogP contribution is 2.24. The lowest BCUT2D eigenvalue weighted by atomic mass is 10.1. The quantitative estimate of drug-likeness (QED) is 0.718. The van der Waals surface area contributed by atoms with Crippen molar-refractivity contribution in [1.82, 2.24) is 4.57 Å². The van der Waals surface area contributed by atoms with Gasteiger partial charge in [-0.25, -0.2) is 4.79 Å². The predicted molar refractivity (Wildman–Crippen MR) is 93.4 cm³/mol. The molecule has 1 heterocycles. The smallest absolute Gasteiger partial charge is 0.337 e. The van der Waals surface area contributed by atoms with Gasteiger partial charge in [-0.15, -0.1) is 0 Å². The number of para-hydroxylation sites is 1. The van der Waals surface area contributed by atoms with Crippen molar-refractivity contribution < 1.29 is 9.90 Å². The van der Waals surface area contributed by atoms with Crippen molar-refractivity contribution in [3.63, 3.8) is 0 Å². The van der Waals surface area contributed by atoms with Crippen molar-refractivity contribution in [2.75, 3.05) is 5.32 Å². The molecule has 0 aliphatic heterocycles. The maximum atomic E-state index is 11.1. The third kappa shape index (κ3) is 3.03. The Morgan fingerprint density at radius 1 is 1.26 bits per heavy atom. The number of carboxylic acid groups (broad SMARTS) is 1. The molecule has 0 amide bonds. The number of rotatable bonds is 5. The Labute approximate surface area is 139 Å². The first-order chi connectivity index (χ1) is 11.1. The second-order valence-corrected chi connectivity index (χ2v) is 5.72. The summed E-state index contributed by atoms with van der Waals surface area (Å²) in [5.41, 5.74) is 3.22. The number of benzene rings is 2. The monoisotopic (exact) mass is 328 g/mol. The van der Waals surface area contributed by atoms with Gasteiger partial charge in [0.2, 0.25) is 0 Å². The number of hydrogen-bond acceptors (Lipinski definition) is 2. The van der Waals surface area contributed by atoms with Gasteiger partial charge in [-0.1, -0.05) is 29.8 Å². The van der Waals surface area contributed by atoms with E-state index in [2.05, 4.69) is 35.1 Å². The van der Waals surface area contributed by atoms with E-state index in [-0.39, 0.29) is 10.6 Å². The van der Waals surface area contributed by atoms with Crippen LogP contribution < -0.4 is 5.32 Å². The van der Waals surface area contributed by atoms with Gasteiger partial charge in [0.15, 0.2) is 0 Å². The number of fused-ring (bicyclic) bond motifs is 1. The Morgan fingerprint density at radius 2 is 2.04 bits per heavy atom. The lowest BCUT2D eigenvalue weighted by molar-refractivity contribution is 0.0697.